The van der Waals surface area contributed by atoms with Gasteiger partial charge in [0, 0.05) is 12.3 Å². The van der Waals surface area contributed by atoms with Crippen LogP contribution in [0, 0.1) is 0 Å². The van der Waals surface area contributed by atoms with Gasteiger partial charge >= 0.3 is 5.69 Å². The number of ether oxygens (including phenoxy) is 2. The third kappa shape index (κ3) is 4.31. The minimum absolute atomic E-state index is 0.0918. The Kier molecular flexibility index (Phi) is 6.67. The molecule has 1 aromatic heterocycles. The Morgan fingerprint density at radius 1 is 0.778 bits per heavy atom. The topological polar surface area (TPSA) is 114 Å². The van der Waals surface area contributed by atoms with Crippen LogP contribution in [-0.2, 0) is 15.1 Å². The molecule has 1 aliphatic rings. The fourth-order valence-corrected chi connectivity index (χ4v) is 4.70. The Hall–Kier alpha value is -3.82. The molecule has 36 heavy (non-hydrogen) atoms. The molecule has 1 fully saturated rings. The molecule has 0 spiro atoms. The van der Waals surface area contributed by atoms with Crippen molar-refractivity contribution < 1.29 is 19.7 Å². The lowest BCUT2D eigenvalue weighted by atomic mass is 9.80. The van der Waals surface area contributed by atoms with Crippen molar-refractivity contribution in [3.05, 3.63) is 141 Å². The molecule has 0 unspecified atom stereocenters. The van der Waals surface area contributed by atoms with Gasteiger partial charge in [0.1, 0.15) is 23.9 Å². The number of nitrogens with zero attached hydrogens (tertiary/aromatic N) is 1. The van der Waals surface area contributed by atoms with Crippen molar-refractivity contribution in [2.75, 3.05) is 6.61 Å². The zero-order valence-electron chi connectivity index (χ0n) is 19.3. The van der Waals surface area contributed by atoms with Gasteiger partial charge in [0.2, 0.25) is 0 Å². The first-order chi connectivity index (χ1) is 17.5. The highest BCUT2D eigenvalue weighted by atomic mass is 16.6. The number of hydrogen-bond acceptors (Lipinski definition) is 6. The maximum Gasteiger partial charge on any atom is 0.330 e. The largest absolute Gasteiger partial charge is 0.387 e. The van der Waals surface area contributed by atoms with E-state index in [-0.39, 0.29) is 6.61 Å². The molecule has 0 radical (unpaired) electrons. The smallest absolute Gasteiger partial charge is 0.330 e. The van der Waals surface area contributed by atoms with Crippen molar-refractivity contribution in [1.82, 2.24) is 9.55 Å². The molecule has 0 amide bonds. The van der Waals surface area contributed by atoms with E-state index in [9.17, 15) is 19.8 Å². The minimum atomic E-state index is -1.40. The molecule has 4 aromatic rings. The molecule has 3 N–H and O–H groups in total. The van der Waals surface area contributed by atoms with E-state index in [1.807, 2.05) is 91.0 Å². The highest BCUT2D eigenvalue weighted by molar-refractivity contribution is 5.47. The monoisotopic (exact) mass is 486 g/mol. The molecule has 0 saturated carbocycles. The van der Waals surface area contributed by atoms with Gasteiger partial charge in [-0.3, -0.25) is 14.3 Å². The molecule has 8 nitrogen and oxygen atoms in total. The van der Waals surface area contributed by atoms with E-state index in [1.165, 1.54) is 6.20 Å². The summed E-state index contributed by atoms with van der Waals surface area (Å²) >= 11 is 0. The van der Waals surface area contributed by atoms with Gasteiger partial charge in [0.25, 0.3) is 5.56 Å². The number of nitrogens with one attached hydrogen (secondary N) is 1. The van der Waals surface area contributed by atoms with Gasteiger partial charge in [-0.15, -0.1) is 0 Å². The fourth-order valence-electron chi connectivity index (χ4n) is 4.70. The third-order valence-corrected chi connectivity index (χ3v) is 6.47. The quantitative estimate of drug-likeness (QED) is 0.345. The summed E-state index contributed by atoms with van der Waals surface area (Å²) in [7, 11) is 0. The zero-order chi connectivity index (χ0) is 25.1. The lowest BCUT2D eigenvalue weighted by Gasteiger charge is -2.37. The average molecular weight is 487 g/mol. The van der Waals surface area contributed by atoms with Crippen LogP contribution in [0.15, 0.2) is 113 Å². The Bertz CT molecular complexity index is 1310. The molecule has 3 aromatic carbocycles. The van der Waals surface area contributed by atoms with Crippen molar-refractivity contribution in [1.29, 1.82) is 0 Å². The maximum absolute atomic E-state index is 12.3. The number of H-pyrrole nitrogens is 1. The Morgan fingerprint density at radius 2 is 1.28 bits per heavy atom. The number of rotatable bonds is 7. The molecular weight excluding hydrogens is 460 g/mol. The first kappa shape index (κ1) is 23.9. The van der Waals surface area contributed by atoms with E-state index in [0.717, 1.165) is 27.3 Å². The van der Waals surface area contributed by atoms with E-state index in [1.54, 1.807) is 0 Å². The van der Waals surface area contributed by atoms with Crippen molar-refractivity contribution in [2.45, 2.75) is 30.1 Å². The number of aromatic amines is 1. The van der Waals surface area contributed by atoms with Gasteiger partial charge in [-0.05, 0) is 16.7 Å². The van der Waals surface area contributed by atoms with E-state index in [2.05, 4.69) is 4.98 Å². The summed E-state index contributed by atoms with van der Waals surface area (Å²) in [5.74, 6) is 0. The molecule has 0 aliphatic carbocycles. The van der Waals surface area contributed by atoms with Crippen LogP contribution in [0.5, 0.6) is 0 Å². The molecule has 8 heteroatoms. The van der Waals surface area contributed by atoms with Crippen LogP contribution in [0.4, 0.5) is 0 Å². The lowest BCUT2D eigenvalue weighted by Crippen LogP contribution is -2.40. The van der Waals surface area contributed by atoms with Crippen LogP contribution in [-0.4, -0.2) is 44.7 Å². The highest BCUT2D eigenvalue weighted by Crippen LogP contribution is 2.41. The minimum Gasteiger partial charge on any atom is -0.387 e. The number of benzene rings is 3. The fraction of sp³-hybridized carbons (Fsp3) is 0.214. The van der Waals surface area contributed by atoms with Gasteiger partial charge in [-0.1, -0.05) is 91.0 Å². The van der Waals surface area contributed by atoms with E-state index in [4.69, 9.17) is 9.47 Å². The lowest BCUT2D eigenvalue weighted by molar-refractivity contribution is -0.0958. The summed E-state index contributed by atoms with van der Waals surface area (Å²) in [6, 6.07) is 30.4. The van der Waals surface area contributed by atoms with E-state index < -0.39 is 41.4 Å². The maximum atomic E-state index is 12.3. The predicted octanol–water partition coefficient (Wildman–Crippen LogP) is 2.16. The summed E-state index contributed by atoms with van der Waals surface area (Å²) in [4.78, 5) is 25.8. The number of aliphatic hydroxyl groups excluding tert-OH is 2. The highest BCUT2D eigenvalue weighted by Gasteiger charge is 2.46. The van der Waals surface area contributed by atoms with Gasteiger partial charge < -0.3 is 19.7 Å². The van der Waals surface area contributed by atoms with Crippen molar-refractivity contribution in [3.8, 4) is 0 Å². The normalized spacial score (nSPS) is 21.9. The standard InChI is InChI=1S/C28H26N2O6/c31-23-16-17-30(27(34)29-23)26-25(33)24(32)22(36-26)18-35-28(19-10-4-1-5-11-19,20-12-6-2-7-13-20)21-14-8-3-9-15-21/h1-17,22,24-26,32-33H,18H2,(H,29,31,34)/t22-,24+,25-,26-/m1/s1. The van der Waals surface area contributed by atoms with Gasteiger partial charge in [0.05, 0.1) is 6.61 Å². The van der Waals surface area contributed by atoms with Crippen molar-refractivity contribution in [2.24, 2.45) is 0 Å². The van der Waals surface area contributed by atoms with Crippen LogP contribution in [0.3, 0.4) is 0 Å². The predicted molar refractivity (Wildman–Crippen MR) is 132 cm³/mol. The second kappa shape index (κ2) is 10.0. The third-order valence-electron chi connectivity index (χ3n) is 6.47. The van der Waals surface area contributed by atoms with Crippen molar-refractivity contribution >= 4 is 0 Å². The SMILES string of the molecule is O=c1ccn([C@@H]2O[C@H](COC(c3ccccc3)(c3ccccc3)c3ccccc3)[C@H](O)[C@H]2O)c(=O)[nH]1. The summed E-state index contributed by atoms with van der Waals surface area (Å²) in [5.41, 5.74) is 0.289. The number of hydrogen-bond donors (Lipinski definition) is 3. The molecule has 4 atom stereocenters. The van der Waals surface area contributed by atoms with Crippen LogP contribution in [0.1, 0.15) is 22.9 Å². The second-order valence-electron chi connectivity index (χ2n) is 8.65. The Morgan fingerprint density at radius 3 is 1.75 bits per heavy atom. The van der Waals surface area contributed by atoms with Crippen molar-refractivity contribution in [3.63, 3.8) is 0 Å². The molecule has 184 valence electrons. The second-order valence-corrected chi connectivity index (χ2v) is 8.65. The Labute approximate surface area is 207 Å². The molecule has 1 aliphatic heterocycles. The number of aromatic nitrogens is 2. The van der Waals surface area contributed by atoms with E-state index >= 15 is 0 Å². The van der Waals surface area contributed by atoms with Crippen LogP contribution in [0.2, 0.25) is 0 Å². The summed E-state index contributed by atoms with van der Waals surface area (Å²) in [6.07, 6.45) is -3.62. The van der Waals surface area contributed by atoms with E-state index in [0.29, 0.717) is 0 Å². The molecule has 5 rings (SSSR count). The van der Waals surface area contributed by atoms with Crippen LogP contribution >= 0.6 is 0 Å². The van der Waals surface area contributed by atoms with Crippen LogP contribution < -0.4 is 11.2 Å². The molecule has 2 heterocycles. The summed E-state index contributed by atoms with van der Waals surface area (Å²) in [6.45, 7) is -0.0918. The first-order valence-electron chi connectivity index (χ1n) is 11.6. The first-order valence-corrected chi connectivity index (χ1v) is 11.6. The van der Waals surface area contributed by atoms with Crippen LogP contribution in [0.25, 0.3) is 0 Å². The van der Waals surface area contributed by atoms with Gasteiger partial charge in [-0.25, -0.2) is 4.79 Å². The molecule has 0 bridgehead atoms. The molecule has 1 saturated heterocycles. The average Bonchev–Trinajstić information content (AvgIpc) is 3.19. The van der Waals surface area contributed by atoms with Gasteiger partial charge in [-0.2, -0.15) is 0 Å². The molecular formula is C28H26N2O6. The summed E-state index contributed by atoms with van der Waals surface area (Å²) < 4.78 is 13.6. The number of aliphatic hydroxyl groups is 2. The zero-order valence-corrected chi connectivity index (χ0v) is 19.3. The van der Waals surface area contributed by atoms with Gasteiger partial charge in [0.15, 0.2) is 6.23 Å². The summed E-state index contributed by atoms with van der Waals surface area (Å²) in [5, 5.41) is 21.5. The Balaban J connectivity index is 1.52.